The number of rotatable bonds is 23. The number of hydrogen-bond donors (Lipinski definition) is 7. The highest BCUT2D eigenvalue weighted by molar-refractivity contribution is 6.34. The molecule has 6 atom stereocenters. The molecule has 0 aromatic carbocycles. The Labute approximate surface area is 504 Å². The van der Waals surface area contributed by atoms with Crippen LogP contribution in [0.25, 0.3) is 0 Å². The van der Waals surface area contributed by atoms with Crippen LogP contribution in [0.1, 0.15) is 166 Å². The van der Waals surface area contributed by atoms with Gasteiger partial charge in [0.2, 0.25) is 11.4 Å². The van der Waals surface area contributed by atoms with E-state index in [1.807, 2.05) is 0 Å². The minimum Gasteiger partial charge on any atom is -0.479 e. The summed E-state index contributed by atoms with van der Waals surface area (Å²) in [6, 6.07) is 0. The number of Topliss-reactive ketones (excluding diaryl/α,β-unsaturated/α-hetero) is 5. The SMILES string of the molecule is CC(=O)C(C)(O)C(C)(C)CF.CC(=O)C(C)(O)C(C)(C)CF.CC(=O)C(C)(O)C(C)(C)CF.CC(=O)C(C)(OC(=O)N(C)C)C(C)(C)CF.CC(C)(CF)C(=O)C(=O)O.CC(C)(CF)C(C)(O)C(=O)O.CN(C)C(=O)OC(C)(C(=O)O)C(C)(C)CF. The number of carboxylic acids is 3. The molecule has 0 saturated carbocycles. The molecule has 0 rings (SSSR count). The second-order valence-corrected chi connectivity index (χ2v) is 26.5. The second-order valence-electron chi connectivity index (χ2n) is 26.5. The molecule has 6 unspecified atom stereocenters. The van der Waals surface area contributed by atoms with E-state index in [0.29, 0.717) is 0 Å². The highest BCUT2D eigenvalue weighted by atomic mass is 19.1. The molecule has 0 aromatic rings. The van der Waals surface area contributed by atoms with Crippen molar-refractivity contribution in [2.24, 2.45) is 37.9 Å². The number of halogens is 7. The van der Waals surface area contributed by atoms with Crippen molar-refractivity contribution in [3.8, 4) is 0 Å². The lowest BCUT2D eigenvalue weighted by Crippen LogP contribution is -2.54. The first kappa shape index (κ1) is 94.3. The molecule has 0 aromatic heterocycles. The van der Waals surface area contributed by atoms with E-state index in [4.69, 9.17) is 24.8 Å². The zero-order chi connectivity index (χ0) is 71.8. The summed E-state index contributed by atoms with van der Waals surface area (Å²) < 4.78 is 96.8. The Hall–Kier alpha value is -5.35. The predicted octanol–water partition coefficient (Wildman–Crippen LogP) is 8.97. The van der Waals surface area contributed by atoms with Crippen LogP contribution in [-0.2, 0) is 47.8 Å². The average molecular weight is 1270 g/mol. The number of amides is 2. The van der Waals surface area contributed by atoms with E-state index in [1.54, 1.807) is 13.8 Å². The van der Waals surface area contributed by atoms with Gasteiger partial charge >= 0.3 is 30.1 Å². The first-order valence-electron chi connectivity index (χ1n) is 26.5. The van der Waals surface area contributed by atoms with Gasteiger partial charge in [-0.25, -0.2) is 24.0 Å². The molecule has 0 saturated heterocycles. The van der Waals surface area contributed by atoms with Crippen molar-refractivity contribution in [1.29, 1.82) is 0 Å². The first-order valence-corrected chi connectivity index (χ1v) is 26.5. The molecule has 0 aliphatic rings. The highest BCUT2D eigenvalue weighted by Gasteiger charge is 2.53. The number of ether oxygens (including phenoxy) is 2. The smallest absolute Gasteiger partial charge is 0.410 e. The van der Waals surface area contributed by atoms with Crippen LogP contribution in [0.2, 0.25) is 0 Å². The number of hydrogen-bond acceptors (Lipinski definition) is 16. The summed E-state index contributed by atoms with van der Waals surface area (Å²) in [6.45, 7) is 27.5. The Morgan fingerprint density at radius 2 is 0.535 bits per heavy atom. The fourth-order valence-electron chi connectivity index (χ4n) is 4.53. The van der Waals surface area contributed by atoms with Gasteiger partial charge in [-0.05, 0) is 83.1 Å². The van der Waals surface area contributed by atoms with Crippen molar-refractivity contribution in [3.05, 3.63) is 0 Å². The molecule has 86 heavy (non-hydrogen) atoms. The van der Waals surface area contributed by atoms with Gasteiger partial charge in [0.25, 0.3) is 0 Å². The predicted molar refractivity (Wildman–Crippen MR) is 309 cm³/mol. The van der Waals surface area contributed by atoms with Crippen LogP contribution in [0.4, 0.5) is 40.3 Å². The molecule has 0 aliphatic carbocycles. The highest BCUT2D eigenvalue weighted by Crippen LogP contribution is 2.38. The summed E-state index contributed by atoms with van der Waals surface area (Å²) in [4.78, 5) is 111. The van der Waals surface area contributed by atoms with Gasteiger partial charge in [-0.3, -0.25) is 54.7 Å². The third kappa shape index (κ3) is 26.5. The first-order chi connectivity index (χ1) is 37.6. The Balaban J connectivity index is -0.000000171. The van der Waals surface area contributed by atoms with Crippen molar-refractivity contribution in [2.75, 3.05) is 74.9 Å². The number of alkyl halides is 7. The van der Waals surface area contributed by atoms with E-state index in [2.05, 4.69) is 0 Å². The molecule has 0 fully saturated rings. The molecular weight excluding hydrogens is 1160 g/mol. The number of carboxylic acid groups (broad SMARTS) is 3. The Morgan fingerprint density at radius 3 is 0.651 bits per heavy atom. The second kappa shape index (κ2) is 35.6. The Bertz CT molecular complexity index is 2030. The van der Waals surface area contributed by atoms with Gasteiger partial charge in [-0.2, -0.15) is 0 Å². The standard InChI is InChI=1S/C11H20FNO3.C10H18FNO4.3C8H15FO2.C7H13FO3.C6H9FO3/c1-8(14)11(4,10(2,3)7-12)16-9(15)13(5)6;1-9(2,6-11)10(3,7(13)14)16-8(15)12(4)5;3*1-6(10)8(4,11)7(2,3)5-9;1-6(2,4-8)7(3,11)5(9)10;1-6(2,3-7)4(8)5(9)10/h7H2,1-6H3;6H2,1-5H3,(H,13,14);3*11H,5H2,1-4H3;11H,4H2,1-3H3,(H,9,10);3H2,1-2H3,(H,9,10). The molecule has 0 spiro atoms. The maximum Gasteiger partial charge on any atom is 0.410 e. The number of carbonyl (C=O) groups is 10. The minimum atomic E-state index is -2.01. The summed E-state index contributed by atoms with van der Waals surface area (Å²) >= 11 is 0. The largest absolute Gasteiger partial charge is 0.479 e. The number of aliphatic hydroxyl groups is 4. The van der Waals surface area contributed by atoms with Crippen LogP contribution in [0.5, 0.6) is 0 Å². The molecule has 0 bridgehead atoms. The summed E-state index contributed by atoms with van der Waals surface area (Å²) in [5, 5.41) is 63.6. The maximum atomic E-state index is 12.9. The Morgan fingerprint density at radius 1 is 0.326 bits per heavy atom. The summed E-state index contributed by atoms with van der Waals surface area (Å²) in [7, 11) is 5.86. The van der Waals surface area contributed by atoms with Crippen LogP contribution in [0.3, 0.4) is 0 Å². The van der Waals surface area contributed by atoms with E-state index in [0.717, 1.165) is 11.8 Å². The molecule has 7 N–H and O–H groups in total. The average Bonchev–Trinajstić information content (AvgIpc) is 3.38. The topological polar surface area (TPSA) is 337 Å². The fraction of sp³-hybridized carbons (Fsp3) is 0.828. The molecular formula is C58H105F7N2O19. The van der Waals surface area contributed by atoms with Crippen molar-refractivity contribution in [2.45, 2.75) is 200 Å². The van der Waals surface area contributed by atoms with E-state index in [1.165, 1.54) is 178 Å². The number of ketones is 5. The van der Waals surface area contributed by atoms with E-state index >= 15 is 0 Å². The van der Waals surface area contributed by atoms with Crippen molar-refractivity contribution in [1.82, 2.24) is 9.80 Å². The summed E-state index contributed by atoms with van der Waals surface area (Å²) in [5.74, 6) is -7.02. The van der Waals surface area contributed by atoms with E-state index < -0.39 is 171 Å². The van der Waals surface area contributed by atoms with Gasteiger partial charge in [0.05, 0.1) is 45.5 Å². The maximum absolute atomic E-state index is 12.9. The van der Waals surface area contributed by atoms with Crippen LogP contribution in [0.15, 0.2) is 0 Å². The molecule has 0 heterocycles. The molecule has 28 heteroatoms. The van der Waals surface area contributed by atoms with Crippen molar-refractivity contribution in [3.63, 3.8) is 0 Å². The molecule has 2 amide bonds. The van der Waals surface area contributed by atoms with Crippen molar-refractivity contribution >= 4 is 59.0 Å². The Kier molecular flexibility index (Phi) is 39.0. The normalized spacial score (nSPS) is 15.9. The number of carbonyl (C=O) groups excluding carboxylic acids is 7. The molecule has 0 aliphatic heterocycles. The van der Waals surface area contributed by atoms with Crippen molar-refractivity contribution < 1.29 is 124 Å². The molecule has 510 valence electrons. The lowest BCUT2D eigenvalue weighted by molar-refractivity contribution is -0.172. The van der Waals surface area contributed by atoms with Gasteiger partial charge < -0.3 is 55.0 Å². The minimum absolute atomic E-state index is 0.370. The monoisotopic (exact) mass is 1270 g/mol. The lowest BCUT2D eigenvalue weighted by atomic mass is 9.74. The summed E-state index contributed by atoms with van der Waals surface area (Å²) in [6.07, 6.45) is -1.47. The number of nitrogens with zero attached hydrogens (tertiary/aromatic N) is 2. The lowest BCUT2D eigenvalue weighted by Gasteiger charge is -2.40. The van der Waals surface area contributed by atoms with Gasteiger partial charge in [-0.15, -0.1) is 0 Å². The fourth-order valence-corrected chi connectivity index (χ4v) is 4.53. The van der Waals surface area contributed by atoms with Gasteiger partial charge in [0, 0.05) is 60.7 Å². The number of aliphatic carboxylic acids is 3. The van der Waals surface area contributed by atoms with Gasteiger partial charge in [0.15, 0.2) is 34.3 Å². The third-order valence-electron chi connectivity index (χ3n) is 15.9. The zero-order valence-corrected chi connectivity index (χ0v) is 56.0. The van der Waals surface area contributed by atoms with Crippen LogP contribution >= 0.6 is 0 Å². The van der Waals surface area contributed by atoms with E-state index in [-0.39, 0.29) is 5.78 Å². The van der Waals surface area contributed by atoms with Gasteiger partial charge in [-0.1, -0.05) is 83.1 Å². The quantitative estimate of drug-likeness (QED) is 0.0370. The van der Waals surface area contributed by atoms with Crippen LogP contribution in [0, 0.1) is 37.9 Å². The van der Waals surface area contributed by atoms with E-state index in [9.17, 15) is 99.1 Å². The van der Waals surface area contributed by atoms with Gasteiger partial charge in [0.1, 0.15) is 23.5 Å². The molecule has 21 nitrogen and oxygen atoms in total. The van der Waals surface area contributed by atoms with Crippen LogP contribution in [-0.4, -0.2) is 213 Å². The summed E-state index contributed by atoms with van der Waals surface area (Å²) in [5.41, 5.74) is -18.1. The zero-order valence-electron chi connectivity index (χ0n) is 56.0. The molecule has 0 radical (unpaired) electrons. The van der Waals surface area contributed by atoms with Crippen LogP contribution < -0.4 is 0 Å². The third-order valence-corrected chi connectivity index (χ3v) is 15.9.